The first-order valence-corrected chi connectivity index (χ1v) is 10.9. The van der Waals surface area contributed by atoms with Crippen LogP contribution in [0, 0.1) is 0 Å². The van der Waals surface area contributed by atoms with Crippen LogP contribution in [-0.2, 0) is 25.2 Å². The smallest absolute Gasteiger partial charge is 0.500 e. The quantitative estimate of drug-likeness (QED) is 0.609. The number of rotatable bonds is 4. The Labute approximate surface area is 171 Å². The van der Waals surface area contributed by atoms with Crippen LogP contribution in [0.2, 0.25) is 0 Å². The van der Waals surface area contributed by atoms with Crippen LogP contribution in [-0.4, -0.2) is 39.8 Å². The van der Waals surface area contributed by atoms with Gasteiger partial charge in [-0.15, -0.1) is 0 Å². The van der Waals surface area contributed by atoms with Crippen molar-refractivity contribution in [1.29, 1.82) is 0 Å². The molecule has 154 valence electrons. The highest BCUT2D eigenvalue weighted by molar-refractivity contribution is 7.92. The Balaban J connectivity index is 1.88. The minimum Gasteiger partial charge on any atom is -0.611 e. The van der Waals surface area contributed by atoms with Gasteiger partial charge in [-0.1, -0.05) is 6.07 Å². The maximum Gasteiger partial charge on any atom is 0.500 e. The van der Waals surface area contributed by atoms with Gasteiger partial charge in [0.1, 0.15) is 10.9 Å². The first-order valence-electron chi connectivity index (χ1n) is 9.69. The van der Waals surface area contributed by atoms with Gasteiger partial charge in [-0.2, -0.15) is 0 Å². The molecule has 2 fully saturated rings. The van der Waals surface area contributed by atoms with Gasteiger partial charge in [0.05, 0.1) is 11.2 Å². The Morgan fingerprint density at radius 1 is 1.21 bits per heavy atom. The van der Waals surface area contributed by atoms with Gasteiger partial charge in [0, 0.05) is 30.1 Å². The topological polar surface area (TPSA) is 79.9 Å². The molecular formula is C20H30BNO5S. The van der Waals surface area contributed by atoms with Crippen LogP contribution in [0.1, 0.15) is 61.3 Å². The summed E-state index contributed by atoms with van der Waals surface area (Å²) in [4.78, 5) is 12.8. The van der Waals surface area contributed by atoms with Crippen molar-refractivity contribution in [3.63, 3.8) is 0 Å². The summed E-state index contributed by atoms with van der Waals surface area (Å²) in [7, 11) is -0.599. The average Bonchev–Trinajstić information content (AvgIpc) is 3.32. The molecule has 0 aromatic heterocycles. The molecule has 1 aromatic rings. The van der Waals surface area contributed by atoms with Crippen molar-refractivity contribution in [3.05, 3.63) is 18.2 Å². The van der Waals surface area contributed by atoms with Crippen molar-refractivity contribution in [2.24, 2.45) is 0 Å². The van der Waals surface area contributed by atoms with E-state index in [0.717, 1.165) is 18.3 Å². The number of carbonyl (C=O) groups is 1. The molecule has 0 bridgehead atoms. The molecule has 2 aliphatic rings. The highest BCUT2D eigenvalue weighted by atomic mass is 32.2. The fourth-order valence-corrected chi connectivity index (χ4v) is 4.40. The fourth-order valence-electron chi connectivity index (χ4n) is 2.83. The van der Waals surface area contributed by atoms with Gasteiger partial charge in [-0.05, 0) is 65.7 Å². The van der Waals surface area contributed by atoms with E-state index in [4.69, 9.17) is 14.0 Å². The lowest BCUT2D eigenvalue weighted by Crippen LogP contribution is -2.41. The van der Waals surface area contributed by atoms with E-state index in [2.05, 4.69) is 5.32 Å². The number of benzene rings is 1. The highest BCUT2D eigenvalue weighted by Crippen LogP contribution is 2.38. The second kappa shape index (κ2) is 7.24. The van der Waals surface area contributed by atoms with E-state index in [1.54, 1.807) is 12.1 Å². The summed E-state index contributed by atoms with van der Waals surface area (Å²) in [5.74, 6) is 0. The largest absolute Gasteiger partial charge is 0.611 e. The maximum absolute atomic E-state index is 13.0. The number of nitrogens with one attached hydrogen (secondary N) is 1. The van der Waals surface area contributed by atoms with Crippen LogP contribution in [0.15, 0.2) is 23.1 Å². The summed E-state index contributed by atoms with van der Waals surface area (Å²) in [6, 6.07) is 5.33. The summed E-state index contributed by atoms with van der Waals surface area (Å²) in [5.41, 5.74) is -0.267. The molecule has 1 heterocycles. The van der Waals surface area contributed by atoms with Gasteiger partial charge in [-0.3, -0.25) is 5.32 Å². The molecule has 8 heteroatoms. The van der Waals surface area contributed by atoms with Crippen molar-refractivity contribution in [2.45, 2.75) is 88.3 Å². The Hall–Kier alpha value is -1.22. The molecule has 1 aliphatic heterocycles. The van der Waals surface area contributed by atoms with E-state index in [-0.39, 0.29) is 5.25 Å². The van der Waals surface area contributed by atoms with Gasteiger partial charge in [0.2, 0.25) is 0 Å². The summed E-state index contributed by atoms with van der Waals surface area (Å²) in [6.45, 7) is 13.4. The molecule has 1 saturated carbocycles. The second-order valence-corrected chi connectivity index (χ2v) is 11.2. The Bertz CT molecular complexity index is 741. The van der Waals surface area contributed by atoms with Crippen LogP contribution < -0.4 is 10.8 Å². The normalized spacial score (nSPS) is 22.1. The maximum atomic E-state index is 13.0. The molecule has 3 rings (SSSR count). The number of carbonyl (C=O) groups excluding carboxylic acids is 1. The van der Waals surface area contributed by atoms with Crippen molar-refractivity contribution in [1.82, 2.24) is 0 Å². The van der Waals surface area contributed by atoms with Gasteiger partial charge in [0.15, 0.2) is 4.90 Å². The molecular weight excluding hydrogens is 377 g/mol. The summed E-state index contributed by atoms with van der Waals surface area (Å²) < 4.78 is 30.7. The molecule has 1 unspecified atom stereocenters. The zero-order valence-corrected chi connectivity index (χ0v) is 18.6. The van der Waals surface area contributed by atoms with Crippen molar-refractivity contribution >= 4 is 35.5 Å². The molecule has 6 nitrogen and oxygen atoms in total. The van der Waals surface area contributed by atoms with Gasteiger partial charge >= 0.3 is 13.2 Å². The molecule has 1 saturated heterocycles. The molecule has 1 atom stereocenters. The van der Waals surface area contributed by atoms with Gasteiger partial charge < -0.3 is 18.6 Å². The molecule has 0 radical (unpaired) electrons. The number of hydrogen-bond donors (Lipinski definition) is 1. The number of anilines is 1. The van der Waals surface area contributed by atoms with E-state index in [1.165, 1.54) is 0 Å². The van der Waals surface area contributed by atoms with E-state index in [0.29, 0.717) is 10.6 Å². The molecule has 0 spiro atoms. The van der Waals surface area contributed by atoms with Gasteiger partial charge in [0.25, 0.3) is 0 Å². The molecule has 1 N–H and O–H groups in total. The van der Waals surface area contributed by atoms with Gasteiger partial charge in [-0.25, -0.2) is 4.79 Å². The van der Waals surface area contributed by atoms with E-state index in [1.807, 2.05) is 54.5 Å². The SMILES string of the molecule is CC(C)(C)OC(=O)Nc1ccc(B2OC(C)(C)C(C)(C)O2)c([S+]([O-])C2CC2)c1. The number of ether oxygens (including phenoxy) is 1. The first kappa shape index (κ1) is 21.5. The minimum absolute atomic E-state index is 0.151. The predicted octanol–water partition coefficient (Wildman–Crippen LogP) is 3.60. The number of hydrogen-bond acceptors (Lipinski definition) is 5. The first-order chi connectivity index (χ1) is 12.8. The van der Waals surface area contributed by atoms with Crippen LogP contribution in [0.3, 0.4) is 0 Å². The zero-order chi connectivity index (χ0) is 20.9. The fraction of sp³-hybridized carbons (Fsp3) is 0.650. The molecule has 1 amide bonds. The lowest BCUT2D eigenvalue weighted by atomic mass is 9.79. The van der Waals surface area contributed by atoms with E-state index in [9.17, 15) is 9.35 Å². The van der Waals surface area contributed by atoms with E-state index < -0.39 is 41.2 Å². The summed E-state index contributed by atoms with van der Waals surface area (Å²) >= 11 is -1.18. The third-order valence-corrected chi connectivity index (χ3v) is 7.07. The van der Waals surface area contributed by atoms with E-state index >= 15 is 0 Å². The Morgan fingerprint density at radius 2 is 1.79 bits per heavy atom. The van der Waals surface area contributed by atoms with Crippen LogP contribution in [0.5, 0.6) is 0 Å². The van der Waals surface area contributed by atoms with Crippen molar-refractivity contribution in [2.75, 3.05) is 5.32 Å². The predicted molar refractivity (Wildman–Crippen MR) is 111 cm³/mol. The van der Waals surface area contributed by atoms with Crippen molar-refractivity contribution < 1.29 is 23.4 Å². The third-order valence-electron chi connectivity index (χ3n) is 5.21. The minimum atomic E-state index is -1.18. The average molecular weight is 407 g/mol. The van der Waals surface area contributed by atoms with Crippen LogP contribution in [0.4, 0.5) is 10.5 Å². The Kier molecular flexibility index (Phi) is 5.55. The molecule has 1 aliphatic carbocycles. The molecule has 1 aromatic carbocycles. The standard InChI is InChI=1S/C20H30BNO5S/c1-18(2,3)25-17(23)22-13-8-11-15(16(12-13)28(24)14-9-10-14)21-26-19(4,5)20(6,7)27-21/h8,11-12,14H,9-10H2,1-7H3,(H,22,23). The van der Waals surface area contributed by atoms with Crippen molar-refractivity contribution in [3.8, 4) is 0 Å². The van der Waals surface area contributed by atoms with Crippen LogP contribution >= 0.6 is 0 Å². The monoisotopic (exact) mass is 407 g/mol. The third kappa shape index (κ3) is 4.67. The molecule has 28 heavy (non-hydrogen) atoms. The summed E-state index contributed by atoms with van der Waals surface area (Å²) in [6.07, 6.45) is 1.34. The number of amides is 1. The van der Waals surface area contributed by atoms with Crippen LogP contribution in [0.25, 0.3) is 0 Å². The summed E-state index contributed by atoms with van der Waals surface area (Å²) in [5, 5.41) is 2.88. The lowest BCUT2D eigenvalue weighted by molar-refractivity contribution is 0.00578. The second-order valence-electron chi connectivity index (χ2n) is 9.46. The Morgan fingerprint density at radius 3 is 2.29 bits per heavy atom. The highest BCUT2D eigenvalue weighted by Gasteiger charge is 2.53. The zero-order valence-electron chi connectivity index (χ0n) is 17.8. The lowest BCUT2D eigenvalue weighted by Gasteiger charge is -2.32.